The van der Waals surface area contributed by atoms with Gasteiger partial charge >= 0.3 is 0 Å². The highest BCUT2D eigenvalue weighted by molar-refractivity contribution is 9.10. The van der Waals surface area contributed by atoms with E-state index in [-0.39, 0.29) is 0 Å². The van der Waals surface area contributed by atoms with Crippen LogP contribution in [0.5, 0.6) is 0 Å². The lowest BCUT2D eigenvalue weighted by atomic mass is 10.0. The van der Waals surface area contributed by atoms with E-state index in [9.17, 15) is 0 Å². The van der Waals surface area contributed by atoms with Crippen molar-refractivity contribution in [3.63, 3.8) is 0 Å². The first-order valence-corrected chi connectivity index (χ1v) is 6.95. The summed E-state index contributed by atoms with van der Waals surface area (Å²) in [5.74, 6) is 0. The van der Waals surface area contributed by atoms with Gasteiger partial charge in [-0.1, -0.05) is 24.3 Å². The maximum atomic E-state index is 3.56. The molecule has 2 aromatic rings. The molecule has 84 valence electrons. The Morgan fingerprint density at radius 1 is 1.19 bits per heavy atom. The number of halogens is 1. The van der Waals surface area contributed by atoms with E-state index in [1.807, 2.05) is 7.05 Å². The summed E-state index contributed by atoms with van der Waals surface area (Å²) >= 11 is 5.28. The van der Waals surface area contributed by atoms with Crippen molar-refractivity contribution in [2.45, 2.75) is 13.0 Å². The van der Waals surface area contributed by atoms with Crippen LogP contribution in [0.3, 0.4) is 0 Å². The van der Waals surface area contributed by atoms with E-state index < -0.39 is 0 Å². The molecular weight excluding hydrogens is 282 g/mol. The van der Waals surface area contributed by atoms with Crippen LogP contribution < -0.4 is 5.32 Å². The summed E-state index contributed by atoms with van der Waals surface area (Å²) < 4.78 is 1.17. The van der Waals surface area contributed by atoms with Gasteiger partial charge in [0.2, 0.25) is 0 Å². The summed E-state index contributed by atoms with van der Waals surface area (Å²) in [6.07, 6.45) is 0. The Morgan fingerprint density at radius 3 is 2.38 bits per heavy atom. The summed E-state index contributed by atoms with van der Waals surface area (Å²) in [6, 6.07) is 9.12. The molecule has 0 spiro atoms. The van der Waals surface area contributed by atoms with E-state index in [2.05, 4.69) is 63.2 Å². The molecule has 1 aromatic carbocycles. The monoisotopic (exact) mass is 295 g/mol. The lowest BCUT2D eigenvalue weighted by Crippen LogP contribution is -2.11. The predicted molar refractivity (Wildman–Crippen MR) is 74.9 cm³/mol. The van der Waals surface area contributed by atoms with Crippen molar-refractivity contribution in [2.75, 3.05) is 7.05 Å². The molecule has 0 saturated carbocycles. The number of thiophene rings is 1. The quantitative estimate of drug-likeness (QED) is 0.882. The van der Waals surface area contributed by atoms with Gasteiger partial charge in [-0.2, -0.15) is 11.3 Å². The van der Waals surface area contributed by atoms with E-state index >= 15 is 0 Å². The molecule has 1 atom stereocenters. The summed E-state index contributed by atoms with van der Waals surface area (Å²) in [7, 11) is 1.98. The van der Waals surface area contributed by atoms with Gasteiger partial charge in [-0.15, -0.1) is 0 Å². The van der Waals surface area contributed by atoms with Gasteiger partial charge in [-0.3, -0.25) is 0 Å². The Labute approximate surface area is 109 Å². The van der Waals surface area contributed by atoms with Crippen LogP contribution in [0.2, 0.25) is 0 Å². The molecule has 0 saturated heterocycles. The van der Waals surface area contributed by atoms with Crippen molar-refractivity contribution < 1.29 is 0 Å². The Balaban J connectivity index is 2.30. The van der Waals surface area contributed by atoms with Gasteiger partial charge in [0.15, 0.2) is 0 Å². The molecule has 2 rings (SSSR count). The molecule has 1 N–H and O–H groups in total. The number of rotatable bonds is 3. The summed E-state index contributed by atoms with van der Waals surface area (Å²) in [5.41, 5.74) is 3.85. The molecule has 16 heavy (non-hydrogen) atoms. The molecule has 1 heterocycles. The maximum absolute atomic E-state index is 3.56. The second-order valence-corrected chi connectivity index (χ2v) is 5.36. The Hall–Kier alpha value is -0.640. The molecule has 0 bridgehead atoms. The smallest absolute Gasteiger partial charge is 0.0360 e. The SMILES string of the molecule is CNC(C)c1ccc(-c2cscc2Br)cc1. The maximum Gasteiger partial charge on any atom is 0.0360 e. The summed E-state index contributed by atoms with van der Waals surface area (Å²) in [5, 5.41) is 7.52. The van der Waals surface area contributed by atoms with Crippen molar-refractivity contribution >= 4 is 27.3 Å². The predicted octanol–water partition coefficient (Wildman–Crippen LogP) is 4.46. The van der Waals surface area contributed by atoms with E-state index in [1.165, 1.54) is 21.2 Å². The van der Waals surface area contributed by atoms with Crippen molar-refractivity contribution in [3.05, 3.63) is 45.1 Å². The Kier molecular flexibility index (Phi) is 3.79. The average Bonchev–Trinajstić information content (AvgIpc) is 2.75. The second kappa shape index (κ2) is 5.13. The lowest BCUT2D eigenvalue weighted by molar-refractivity contribution is 0.652. The van der Waals surface area contributed by atoms with Crippen LogP contribution in [-0.4, -0.2) is 7.05 Å². The molecule has 0 aliphatic rings. The molecule has 0 fully saturated rings. The third kappa shape index (κ3) is 2.37. The van der Waals surface area contributed by atoms with Crippen molar-refractivity contribution in [2.24, 2.45) is 0 Å². The van der Waals surface area contributed by atoms with Gasteiger partial charge in [-0.05, 0) is 46.4 Å². The minimum atomic E-state index is 0.403. The van der Waals surface area contributed by atoms with Crippen LogP contribution in [0.25, 0.3) is 11.1 Å². The fraction of sp³-hybridized carbons (Fsp3) is 0.231. The molecule has 1 unspecified atom stereocenters. The number of benzene rings is 1. The van der Waals surface area contributed by atoms with Crippen LogP contribution in [0.1, 0.15) is 18.5 Å². The zero-order valence-corrected chi connectivity index (χ0v) is 11.7. The average molecular weight is 296 g/mol. The van der Waals surface area contributed by atoms with Gasteiger partial charge in [0, 0.05) is 21.5 Å². The van der Waals surface area contributed by atoms with Gasteiger partial charge in [-0.25, -0.2) is 0 Å². The summed E-state index contributed by atoms with van der Waals surface area (Å²) in [4.78, 5) is 0. The van der Waals surface area contributed by atoms with Crippen molar-refractivity contribution in [3.8, 4) is 11.1 Å². The van der Waals surface area contributed by atoms with Gasteiger partial charge in [0.05, 0.1) is 0 Å². The topological polar surface area (TPSA) is 12.0 Å². The Morgan fingerprint density at radius 2 is 1.88 bits per heavy atom. The zero-order valence-electron chi connectivity index (χ0n) is 9.33. The van der Waals surface area contributed by atoms with Crippen molar-refractivity contribution in [1.29, 1.82) is 0 Å². The van der Waals surface area contributed by atoms with Gasteiger partial charge in [0.1, 0.15) is 0 Å². The van der Waals surface area contributed by atoms with E-state index in [4.69, 9.17) is 0 Å². The lowest BCUT2D eigenvalue weighted by Gasteiger charge is -2.10. The van der Waals surface area contributed by atoms with Crippen LogP contribution in [0.15, 0.2) is 39.5 Å². The molecule has 0 aliphatic carbocycles. The highest BCUT2D eigenvalue weighted by Gasteiger charge is 2.05. The number of nitrogens with one attached hydrogen (secondary N) is 1. The molecule has 0 amide bonds. The molecule has 0 radical (unpaired) electrons. The number of hydrogen-bond acceptors (Lipinski definition) is 2. The van der Waals surface area contributed by atoms with E-state index in [0.717, 1.165) is 0 Å². The van der Waals surface area contributed by atoms with Gasteiger partial charge in [0.25, 0.3) is 0 Å². The largest absolute Gasteiger partial charge is 0.313 e. The molecule has 1 nitrogen and oxygen atoms in total. The normalized spacial score (nSPS) is 12.7. The third-order valence-corrected chi connectivity index (χ3v) is 4.47. The fourth-order valence-electron chi connectivity index (χ4n) is 1.61. The molecular formula is C13H14BrNS. The second-order valence-electron chi connectivity index (χ2n) is 3.77. The first-order chi connectivity index (χ1) is 7.72. The highest BCUT2D eigenvalue weighted by Crippen LogP contribution is 2.32. The van der Waals surface area contributed by atoms with Crippen LogP contribution in [0, 0.1) is 0 Å². The minimum Gasteiger partial charge on any atom is -0.313 e. The molecule has 1 aromatic heterocycles. The van der Waals surface area contributed by atoms with E-state index in [0.29, 0.717) is 6.04 Å². The van der Waals surface area contributed by atoms with Crippen LogP contribution in [0.4, 0.5) is 0 Å². The molecule has 3 heteroatoms. The fourth-order valence-corrected chi connectivity index (χ4v) is 3.14. The standard InChI is InChI=1S/C13H14BrNS/c1-9(15-2)10-3-5-11(6-4-10)12-7-16-8-13(12)14/h3-9,15H,1-2H3. The number of hydrogen-bond donors (Lipinski definition) is 1. The van der Waals surface area contributed by atoms with Gasteiger partial charge < -0.3 is 5.32 Å². The Bertz CT molecular complexity index is 461. The summed E-state index contributed by atoms with van der Waals surface area (Å²) in [6.45, 7) is 2.16. The molecule has 0 aliphatic heterocycles. The van der Waals surface area contributed by atoms with Crippen molar-refractivity contribution in [1.82, 2.24) is 5.32 Å². The first-order valence-electron chi connectivity index (χ1n) is 5.21. The third-order valence-electron chi connectivity index (χ3n) is 2.77. The zero-order chi connectivity index (χ0) is 11.5. The van der Waals surface area contributed by atoms with Crippen LogP contribution in [-0.2, 0) is 0 Å². The van der Waals surface area contributed by atoms with Crippen LogP contribution >= 0.6 is 27.3 Å². The minimum absolute atomic E-state index is 0.403. The first kappa shape index (κ1) is 11.8. The van der Waals surface area contributed by atoms with E-state index in [1.54, 1.807) is 11.3 Å². The highest BCUT2D eigenvalue weighted by atomic mass is 79.9.